The summed E-state index contributed by atoms with van der Waals surface area (Å²) in [6.07, 6.45) is 0.721. The third kappa shape index (κ3) is 6.07. The van der Waals surface area contributed by atoms with Crippen LogP contribution in [-0.4, -0.2) is 56.4 Å². The number of carbonyl (C=O) groups excluding carboxylic acids is 2. The zero-order valence-electron chi connectivity index (χ0n) is 15.2. The van der Waals surface area contributed by atoms with Gasteiger partial charge in [0, 0.05) is 13.1 Å². The van der Waals surface area contributed by atoms with E-state index in [0.717, 1.165) is 5.56 Å². The summed E-state index contributed by atoms with van der Waals surface area (Å²) >= 11 is 0. The van der Waals surface area contributed by atoms with E-state index in [2.05, 4.69) is 6.58 Å². The lowest BCUT2D eigenvalue weighted by Crippen LogP contribution is -2.60. The Morgan fingerprint density at radius 2 is 2.00 bits per heavy atom. The van der Waals surface area contributed by atoms with Gasteiger partial charge >= 0.3 is 6.09 Å². The Morgan fingerprint density at radius 3 is 2.63 bits per heavy atom. The maximum absolute atomic E-state index is 12.2. The van der Waals surface area contributed by atoms with Crippen molar-refractivity contribution in [3.8, 4) is 0 Å². The van der Waals surface area contributed by atoms with Gasteiger partial charge in [0.2, 0.25) is 10.0 Å². The van der Waals surface area contributed by atoms with Gasteiger partial charge in [-0.3, -0.25) is 9.52 Å². The Hall–Kier alpha value is -2.39. The number of sulfonamides is 1. The summed E-state index contributed by atoms with van der Waals surface area (Å²) in [4.78, 5) is 25.1. The molecule has 1 fully saturated rings. The van der Waals surface area contributed by atoms with Crippen molar-refractivity contribution in [2.24, 2.45) is 0 Å². The number of rotatable bonds is 9. The number of carbonyl (C=O) groups is 2. The van der Waals surface area contributed by atoms with Crippen molar-refractivity contribution in [2.45, 2.75) is 31.3 Å². The number of nitrogens with zero attached hydrogens (tertiary/aromatic N) is 1. The minimum absolute atomic E-state index is 0.0259. The van der Waals surface area contributed by atoms with E-state index in [1.54, 1.807) is 6.08 Å². The second kappa shape index (κ2) is 9.52. The molecule has 1 N–H and O–H groups in total. The van der Waals surface area contributed by atoms with E-state index in [9.17, 15) is 18.0 Å². The Morgan fingerprint density at radius 1 is 1.33 bits per heavy atom. The molecule has 0 aromatic heterocycles. The maximum atomic E-state index is 12.2. The molecule has 148 valence electrons. The summed E-state index contributed by atoms with van der Waals surface area (Å²) in [7, 11) is -3.88. The molecule has 8 nitrogen and oxygen atoms in total. The minimum Gasteiger partial charge on any atom is -0.445 e. The SMILES string of the molecule is C=CCCOC(C)C(=O)NS(=O)(=O)C1CN(C(=O)OCc2ccccc2)C1. The molecule has 1 aromatic carbocycles. The van der Waals surface area contributed by atoms with E-state index < -0.39 is 33.4 Å². The summed E-state index contributed by atoms with van der Waals surface area (Å²) in [6, 6.07) is 9.17. The van der Waals surface area contributed by atoms with Gasteiger partial charge in [-0.1, -0.05) is 36.4 Å². The molecule has 1 aliphatic heterocycles. The molecule has 1 atom stereocenters. The first kappa shape index (κ1) is 20.9. The van der Waals surface area contributed by atoms with Crippen molar-refractivity contribution < 1.29 is 27.5 Å². The fourth-order valence-electron chi connectivity index (χ4n) is 2.30. The van der Waals surface area contributed by atoms with Crippen molar-refractivity contribution in [3.05, 3.63) is 48.6 Å². The molecule has 0 radical (unpaired) electrons. The van der Waals surface area contributed by atoms with E-state index in [1.165, 1.54) is 11.8 Å². The second-order valence-electron chi connectivity index (χ2n) is 6.17. The highest BCUT2D eigenvalue weighted by Gasteiger charge is 2.41. The molecule has 1 unspecified atom stereocenters. The van der Waals surface area contributed by atoms with Gasteiger partial charge in [0.05, 0.1) is 6.61 Å². The van der Waals surface area contributed by atoms with Crippen LogP contribution in [0.1, 0.15) is 18.9 Å². The minimum atomic E-state index is -3.88. The quantitative estimate of drug-likeness (QED) is 0.501. The molecule has 1 aliphatic rings. The zero-order chi connectivity index (χ0) is 19.9. The second-order valence-corrected chi connectivity index (χ2v) is 8.13. The molecule has 1 saturated heterocycles. The average Bonchev–Trinajstić information content (AvgIpc) is 2.59. The van der Waals surface area contributed by atoms with E-state index >= 15 is 0 Å². The lowest BCUT2D eigenvalue weighted by atomic mass is 10.2. The van der Waals surface area contributed by atoms with Crippen molar-refractivity contribution in [1.29, 1.82) is 0 Å². The van der Waals surface area contributed by atoms with E-state index in [0.29, 0.717) is 6.42 Å². The molecule has 0 bridgehead atoms. The standard InChI is InChI=1S/C18H24N2O6S/c1-3-4-10-25-14(2)17(21)19-27(23,24)16-11-20(12-16)18(22)26-13-15-8-6-5-7-9-15/h3,5-9,14,16H,1,4,10-13H2,2H3,(H,19,21). The third-order valence-electron chi connectivity index (χ3n) is 4.05. The molecule has 2 amide bonds. The Labute approximate surface area is 159 Å². The van der Waals surface area contributed by atoms with Gasteiger partial charge in [0.25, 0.3) is 5.91 Å². The highest BCUT2D eigenvalue weighted by atomic mass is 32.2. The van der Waals surface area contributed by atoms with E-state index in [1.807, 2.05) is 35.1 Å². The average molecular weight is 396 g/mol. The molecule has 27 heavy (non-hydrogen) atoms. The number of benzene rings is 1. The van der Waals surface area contributed by atoms with Crippen molar-refractivity contribution >= 4 is 22.0 Å². The summed E-state index contributed by atoms with van der Waals surface area (Å²) in [5.74, 6) is -0.732. The summed E-state index contributed by atoms with van der Waals surface area (Å²) in [5.41, 5.74) is 0.841. The van der Waals surface area contributed by atoms with Crippen molar-refractivity contribution in [1.82, 2.24) is 9.62 Å². The maximum Gasteiger partial charge on any atom is 0.410 e. The smallest absolute Gasteiger partial charge is 0.410 e. The molecule has 1 aromatic rings. The van der Waals surface area contributed by atoms with Crippen LogP contribution in [0.5, 0.6) is 0 Å². The van der Waals surface area contributed by atoms with E-state index in [4.69, 9.17) is 9.47 Å². The summed E-state index contributed by atoms with van der Waals surface area (Å²) < 4.78 is 36.8. The Kier molecular flexibility index (Phi) is 7.37. The number of amides is 2. The summed E-state index contributed by atoms with van der Waals surface area (Å²) in [5, 5.41) is -0.855. The monoisotopic (exact) mass is 396 g/mol. The molecular weight excluding hydrogens is 372 g/mol. The first-order chi connectivity index (χ1) is 12.8. The third-order valence-corrected chi connectivity index (χ3v) is 5.71. The lowest BCUT2D eigenvalue weighted by Gasteiger charge is -2.37. The fraction of sp³-hybridized carbons (Fsp3) is 0.444. The predicted molar refractivity (Wildman–Crippen MR) is 99.3 cm³/mol. The molecule has 1 heterocycles. The van der Waals surface area contributed by atoms with Crippen LogP contribution in [0.2, 0.25) is 0 Å². The van der Waals surface area contributed by atoms with Gasteiger partial charge in [-0.25, -0.2) is 13.2 Å². The number of hydrogen-bond donors (Lipinski definition) is 1. The van der Waals surface area contributed by atoms with Crippen LogP contribution in [0.4, 0.5) is 4.79 Å². The molecule has 0 saturated carbocycles. The number of ether oxygens (including phenoxy) is 2. The number of nitrogens with one attached hydrogen (secondary N) is 1. The summed E-state index contributed by atoms with van der Waals surface area (Å²) in [6.45, 7) is 5.35. The van der Waals surface area contributed by atoms with E-state index in [-0.39, 0.29) is 26.3 Å². The van der Waals surface area contributed by atoms with Crippen LogP contribution in [0.3, 0.4) is 0 Å². The highest BCUT2D eigenvalue weighted by molar-refractivity contribution is 7.90. The molecule has 0 spiro atoms. The van der Waals surface area contributed by atoms with Crippen LogP contribution >= 0.6 is 0 Å². The highest BCUT2D eigenvalue weighted by Crippen LogP contribution is 2.17. The first-order valence-electron chi connectivity index (χ1n) is 8.57. The molecule has 0 aliphatic carbocycles. The van der Waals surface area contributed by atoms with Gasteiger partial charge in [-0.2, -0.15) is 0 Å². The van der Waals surface area contributed by atoms with Crippen LogP contribution in [0.25, 0.3) is 0 Å². The number of likely N-dealkylation sites (tertiary alicyclic amines) is 1. The van der Waals surface area contributed by atoms with Gasteiger partial charge in [0.1, 0.15) is 18.0 Å². The Balaban J connectivity index is 1.75. The molecular formula is C18H24N2O6S. The lowest BCUT2D eigenvalue weighted by molar-refractivity contribution is -0.129. The van der Waals surface area contributed by atoms with Gasteiger partial charge in [0.15, 0.2) is 0 Å². The topological polar surface area (TPSA) is 102 Å². The predicted octanol–water partition coefficient (Wildman–Crippen LogP) is 1.43. The van der Waals surface area contributed by atoms with Crippen molar-refractivity contribution in [2.75, 3.05) is 19.7 Å². The van der Waals surface area contributed by atoms with Crippen LogP contribution in [0.15, 0.2) is 43.0 Å². The van der Waals surface area contributed by atoms with Gasteiger partial charge in [-0.05, 0) is 18.9 Å². The first-order valence-corrected chi connectivity index (χ1v) is 10.1. The van der Waals surface area contributed by atoms with Crippen molar-refractivity contribution in [3.63, 3.8) is 0 Å². The van der Waals surface area contributed by atoms with Crippen LogP contribution in [-0.2, 0) is 30.9 Å². The van der Waals surface area contributed by atoms with Gasteiger partial charge < -0.3 is 14.4 Å². The molecule has 9 heteroatoms. The van der Waals surface area contributed by atoms with Crippen LogP contribution < -0.4 is 4.72 Å². The number of hydrogen-bond acceptors (Lipinski definition) is 6. The van der Waals surface area contributed by atoms with Gasteiger partial charge in [-0.15, -0.1) is 6.58 Å². The molecule has 2 rings (SSSR count). The normalized spacial score (nSPS) is 15.5. The zero-order valence-corrected chi connectivity index (χ0v) is 16.0. The van der Waals surface area contributed by atoms with Crippen LogP contribution in [0, 0.1) is 0 Å². The largest absolute Gasteiger partial charge is 0.445 e. The fourth-order valence-corrected chi connectivity index (χ4v) is 3.67. The Bertz CT molecular complexity index is 759.